The lowest BCUT2D eigenvalue weighted by Gasteiger charge is -2.51. The predicted molar refractivity (Wildman–Crippen MR) is 119 cm³/mol. The van der Waals surface area contributed by atoms with Gasteiger partial charge in [0.25, 0.3) is 0 Å². The van der Waals surface area contributed by atoms with Crippen LogP contribution in [0.4, 0.5) is 0 Å². The van der Waals surface area contributed by atoms with E-state index in [1.54, 1.807) is 14.2 Å². The van der Waals surface area contributed by atoms with E-state index in [-0.39, 0.29) is 29.0 Å². The van der Waals surface area contributed by atoms with Crippen LogP contribution in [0.2, 0.25) is 0 Å². The number of epoxide rings is 1. The number of hydrogen-bond acceptors (Lipinski definition) is 6. The first-order valence-corrected chi connectivity index (χ1v) is 12.3. The molecule has 6 heteroatoms. The summed E-state index contributed by atoms with van der Waals surface area (Å²) in [6.07, 6.45) is 6.81. The average Bonchev–Trinajstić information content (AvgIpc) is 3.49. The third kappa shape index (κ3) is 3.17. The van der Waals surface area contributed by atoms with Gasteiger partial charge < -0.3 is 18.9 Å². The summed E-state index contributed by atoms with van der Waals surface area (Å²) < 4.78 is 23.1. The predicted octanol–water partition coefficient (Wildman–Crippen LogP) is 3.59. The number of hydrogen-bond donors (Lipinski definition) is 0. The van der Waals surface area contributed by atoms with Crippen molar-refractivity contribution in [1.82, 2.24) is 4.90 Å². The van der Waals surface area contributed by atoms with E-state index in [2.05, 4.69) is 24.0 Å². The van der Waals surface area contributed by atoms with Crippen LogP contribution in [-0.2, 0) is 27.2 Å². The summed E-state index contributed by atoms with van der Waals surface area (Å²) in [6, 6.07) is 4.20. The molecule has 1 spiro atoms. The lowest BCUT2D eigenvalue weighted by Crippen LogP contribution is -2.51. The molecule has 174 valence electrons. The Morgan fingerprint density at radius 1 is 1.16 bits per heavy atom. The van der Waals surface area contributed by atoms with Crippen LogP contribution in [0.3, 0.4) is 0 Å². The highest BCUT2D eigenvalue weighted by molar-refractivity contribution is 5.75. The molecule has 0 amide bonds. The standard InChI is InChI=1S/C26H35NO5/c1-25-6-4-7-26(15-31-26)23(25)11-18-19(24(28)32-22(18)12-25)14-27-8-5-16-9-20(29-2)21(30-3)10-17(16)13-27/h9-10,18-19,22-23H,4-8,11-15H2,1-3H3/t18-,19-,22-,23-,25-,26+/m1/s1. The van der Waals surface area contributed by atoms with Crippen molar-refractivity contribution in [2.75, 3.05) is 33.9 Å². The van der Waals surface area contributed by atoms with Gasteiger partial charge >= 0.3 is 5.97 Å². The number of carbonyl (C=O) groups excluding carboxylic acids is 1. The second-order valence-corrected chi connectivity index (χ2v) is 11.1. The van der Waals surface area contributed by atoms with Gasteiger partial charge in [0.1, 0.15) is 6.10 Å². The fourth-order valence-electron chi connectivity index (χ4n) is 7.54. The largest absolute Gasteiger partial charge is 0.493 e. The van der Waals surface area contributed by atoms with Crippen LogP contribution in [0, 0.1) is 23.2 Å². The molecular weight excluding hydrogens is 406 g/mol. The number of esters is 1. The van der Waals surface area contributed by atoms with Crippen LogP contribution < -0.4 is 9.47 Å². The first-order valence-electron chi connectivity index (χ1n) is 12.3. The van der Waals surface area contributed by atoms with Gasteiger partial charge in [-0.1, -0.05) is 6.92 Å². The Hall–Kier alpha value is -1.79. The number of rotatable bonds is 4. The van der Waals surface area contributed by atoms with Gasteiger partial charge in [-0.25, -0.2) is 0 Å². The van der Waals surface area contributed by atoms with Gasteiger partial charge in [0.2, 0.25) is 0 Å². The summed E-state index contributed by atoms with van der Waals surface area (Å²) in [4.78, 5) is 15.4. The van der Waals surface area contributed by atoms with Crippen LogP contribution in [0.15, 0.2) is 12.1 Å². The molecule has 0 N–H and O–H groups in total. The molecule has 6 nitrogen and oxygen atoms in total. The topological polar surface area (TPSA) is 60.5 Å². The Morgan fingerprint density at radius 2 is 1.91 bits per heavy atom. The fraction of sp³-hybridized carbons (Fsp3) is 0.731. The van der Waals surface area contributed by atoms with Gasteiger partial charge in [-0.2, -0.15) is 0 Å². The third-order valence-corrected chi connectivity index (χ3v) is 9.33. The Bertz CT molecular complexity index is 927. The Kier molecular flexibility index (Phi) is 4.78. The number of nitrogens with zero attached hydrogens (tertiary/aromatic N) is 1. The van der Waals surface area contributed by atoms with Gasteiger partial charge in [-0.3, -0.25) is 9.69 Å². The maximum atomic E-state index is 13.0. The van der Waals surface area contributed by atoms with Crippen molar-refractivity contribution in [3.63, 3.8) is 0 Å². The van der Waals surface area contributed by atoms with Crippen molar-refractivity contribution in [3.05, 3.63) is 23.3 Å². The maximum absolute atomic E-state index is 13.0. The van der Waals surface area contributed by atoms with E-state index >= 15 is 0 Å². The molecule has 6 rings (SSSR count). The quantitative estimate of drug-likeness (QED) is 0.526. The minimum Gasteiger partial charge on any atom is -0.493 e. The molecule has 3 aliphatic heterocycles. The molecule has 5 aliphatic rings. The highest BCUT2D eigenvalue weighted by Crippen LogP contribution is 2.62. The van der Waals surface area contributed by atoms with Crippen LogP contribution in [0.1, 0.15) is 50.2 Å². The average molecular weight is 442 g/mol. The summed E-state index contributed by atoms with van der Waals surface area (Å²) in [7, 11) is 3.36. The molecule has 0 bridgehead atoms. The maximum Gasteiger partial charge on any atom is 0.310 e. The van der Waals surface area contributed by atoms with Crippen molar-refractivity contribution >= 4 is 5.97 Å². The highest BCUT2D eigenvalue weighted by Gasteiger charge is 2.65. The molecule has 1 aromatic rings. The van der Waals surface area contributed by atoms with Crippen LogP contribution >= 0.6 is 0 Å². The van der Waals surface area contributed by atoms with Crippen molar-refractivity contribution in [1.29, 1.82) is 0 Å². The first-order chi connectivity index (χ1) is 15.4. The molecular formula is C26H35NO5. The van der Waals surface area contributed by atoms with Crippen molar-refractivity contribution in [2.24, 2.45) is 23.2 Å². The number of carbonyl (C=O) groups is 1. The zero-order valence-corrected chi connectivity index (χ0v) is 19.5. The lowest BCUT2D eigenvalue weighted by atomic mass is 9.53. The van der Waals surface area contributed by atoms with Crippen LogP contribution in [0.25, 0.3) is 0 Å². The molecule has 0 radical (unpaired) electrons. The summed E-state index contributed by atoms with van der Waals surface area (Å²) in [5.74, 6) is 2.45. The smallest absolute Gasteiger partial charge is 0.310 e. The molecule has 4 fully saturated rings. The minimum absolute atomic E-state index is 0.0196. The van der Waals surface area contributed by atoms with E-state index in [1.165, 1.54) is 30.4 Å². The van der Waals surface area contributed by atoms with Gasteiger partial charge in [-0.05, 0) is 73.1 Å². The second kappa shape index (κ2) is 7.36. The molecule has 32 heavy (non-hydrogen) atoms. The summed E-state index contributed by atoms with van der Waals surface area (Å²) in [5.41, 5.74) is 2.94. The SMILES string of the molecule is COc1cc2c(cc1OC)CN(C[C@H]1C(=O)O[C@@H]3C[C@@]4(C)CCC[C@]5(CO5)[C@@H]4C[C@@H]31)CC2. The molecule has 0 unspecified atom stereocenters. The number of ether oxygens (including phenoxy) is 4. The normalized spacial score (nSPS) is 40.3. The van der Waals surface area contributed by atoms with Crippen molar-refractivity contribution in [3.8, 4) is 11.5 Å². The van der Waals surface area contributed by atoms with Crippen molar-refractivity contribution in [2.45, 2.75) is 63.7 Å². The number of benzene rings is 1. The molecule has 6 atom stereocenters. The van der Waals surface area contributed by atoms with E-state index in [9.17, 15) is 4.79 Å². The fourth-order valence-corrected chi connectivity index (χ4v) is 7.54. The van der Waals surface area contributed by atoms with E-state index < -0.39 is 0 Å². The summed E-state index contributed by atoms with van der Waals surface area (Å²) >= 11 is 0. The zero-order chi connectivity index (χ0) is 22.1. The molecule has 3 heterocycles. The Labute approximate surface area is 190 Å². The molecule has 2 saturated heterocycles. The monoisotopic (exact) mass is 441 g/mol. The Balaban J connectivity index is 1.19. The minimum atomic E-state index is -0.0241. The molecule has 2 saturated carbocycles. The summed E-state index contributed by atoms with van der Waals surface area (Å²) in [6.45, 7) is 5.91. The third-order valence-electron chi connectivity index (χ3n) is 9.33. The van der Waals surface area contributed by atoms with E-state index in [1.807, 2.05) is 0 Å². The lowest BCUT2D eigenvalue weighted by molar-refractivity contribution is -0.147. The highest BCUT2D eigenvalue weighted by atomic mass is 16.6. The number of fused-ring (bicyclic) bond motifs is 4. The van der Waals surface area contributed by atoms with Crippen LogP contribution in [-0.4, -0.2) is 56.5 Å². The van der Waals surface area contributed by atoms with E-state index in [0.717, 1.165) is 57.0 Å². The first kappa shape index (κ1) is 20.8. The van der Waals surface area contributed by atoms with Gasteiger partial charge in [-0.15, -0.1) is 0 Å². The van der Waals surface area contributed by atoms with Gasteiger partial charge in [0.05, 0.1) is 32.3 Å². The number of methoxy groups -OCH3 is 2. The van der Waals surface area contributed by atoms with Gasteiger partial charge in [0, 0.05) is 25.6 Å². The molecule has 2 aliphatic carbocycles. The van der Waals surface area contributed by atoms with Crippen LogP contribution in [0.5, 0.6) is 11.5 Å². The zero-order valence-electron chi connectivity index (χ0n) is 19.5. The van der Waals surface area contributed by atoms with E-state index in [0.29, 0.717) is 11.8 Å². The second-order valence-electron chi connectivity index (χ2n) is 11.1. The summed E-state index contributed by atoms with van der Waals surface area (Å²) in [5, 5.41) is 0. The molecule has 0 aromatic heterocycles. The molecule has 1 aromatic carbocycles. The van der Waals surface area contributed by atoms with Gasteiger partial charge in [0.15, 0.2) is 11.5 Å². The Morgan fingerprint density at radius 3 is 2.62 bits per heavy atom. The van der Waals surface area contributed by atoms with Crippen molar-refractivity contribution < 1.29 is 23.7 Å². The van der Waals surface area contributed by atoms with E-state index in [4.69, 9.17) is 18.9 Å².